The lowest BCUT2D eigenvalue weighted by molar-refractivity contribution is -0.153. The summed E-state index contributed by atoms with van der Waals surface area (Å²) in [6, 6.07) is 0. The van der Waals surface area contributed by atoms with Crippen LogP contribution >= 0.6 is 0 Å². The summed E-state index contributed by atoms with van der Waals surface area (Å²) in [6.07, 6.45) is 4.69. The van der Waals surface area contributed by atoms with E-state index in [1.165, 1.54) is 0 Å². The Hall–Kier alpha value is -1.49. The van der Waals surface area contributed by atoms with Gasteiger partial charge in [0.05, 0.1) is 6.61 Å². The predicted octanol–water partition coefficient (Wildman–Crippen LogP) is 0.124. The van der Waals surface area contributed by atoms with E-state index in [1.807, 2.05) is 6.08 Å². The highest BCUT2D eigenvalue weighted by Gasteiger charge is 2.27. The second-order valence-corrected chi connectivity index (χ2v) is 2.91. The maximum atomic E-state index is 11.3. The fourth-order valence-electron chi connectivity index (χ4n) is 1.32. The fraction of sp³-hybridized carbons (Fsp3) is 0.444. The lowest BCUT2D eigenvalue weighted by Crippen LogP contribution is -2.36. The number of rotatable bonds is 2. The van der Waals surface area contributed by atoms with E-state index in [-0.39, 0.29) is 5.97 Å². The minimum atomic E-state index is -0.614. The lowest BCUT2D eigenvalue weighted by atomic mass is 10.3. The van der Waals surface area contributed by atoms with E-state index in [0.29, 0.717) is 12.5 Å². The van der Waals surface area contributed by atoms with Crippen LogP contribution in [-0.4, -0.2) is 30.2 Å². The summed E-state index contributed by atoms with van der Waals surface area (Å²) in [5, 5.41) is 1.73. The van der Waals surface area contributed by atoms with Gasteiger partial charge in [0.15, 0.2) is 0 Å². The van der Waals surface area contributed by atoms with Crippen molar-refractivity contribution in [2.24, 2.45) is 0 Å². The minimum absolute atomic E-state index is 0.351. The highest BCUT2D eigenvalue weighted by molar-refractivity contribution is 5.77. The van der Waals surface area contributed by atoms with Gasteiger partial charge in [0.25, 0.3) is 0 Å². The van der Waals surface area contributed by atoms with E-state index in [2.05, 4.69) is 5.43 Å². The first-order chi connectivity index (χ1) is 6.81. The quantitative estimate of drug-likeness (QED) is 0.636. The van der Waals surface area contributed by atoms with Crippen LogP contribution in [0.25, 0.3) is 0 Å². The first kappa shape index (κ1) is 9.08. The summed E-state index contributed by atoms with van der Waals surface area (Å²) in [6.45, 7) is 2.86. The molecule has 14 heavy (non-hydrogen) atoms. The average molecular weight is 196 g/mol. The summed E-state index contributed by atoms with van der Waals surface area (Å²) in [7, 11) is 0. The average Bonchev–Trinajstić information content (AvgIpc) is 2.64. The molecule has 2 heterocycles. The lowest BCUT2D eigenvalue weighted by Gasteiger charge is -2.25. The Morgan fingerprint density at radius 2 is 2.71 bits per heavy atom. The van der Waals surface area contributed by atoms with Gasteiger partial charge < -0.3 is 9.47 Å². The largest absolute Gasteiger partial charge is 0.463 e. The minimum Gasteiger partial charge on any atom is -0.463 e. The maximum Gasteiger partial charge on any atom is 0.351 e. The van der Waals surface area contributed by atoms with Crippen molar-refractivity contribution in [3.8, 4) is 0 Å². The second kappa shape index (κ2) is 3.71. The van der Waals surface area contributed by atoms with Crippen molar-refractivity contribution in [1.29, 1.82) is 0 Å². The number of hydrazine groups is 1. The molecule has 1 unspecified atom stereocenters. The molecule has 76 valence electrons. The number of ether oxygens (including phenoxy) is 2. The molecule has 0 radical (unpaired) electrons. The van der Waals surface area contributed by atoms with Crippen LogP contribution in [0.2, 0.25) is 0 Å². The standard InChI is InChI=1S/C9H12N2O3/c1-2-13-9(12)7-4-6-11-8(14-7)3-5-10-11/h3-4,6-7,10H,2,5H2,1H3. The molecule has 2 aliphatic heterocycles. The molecule has 1 atom stereocenters. The molecule has 0 spiro atoms. The molecule has 5 nitrogen and oxygen atoms in total. The Morgan fingerprint density at radius 1 is 1.86 bits per heavy atom. The van der Waals surface area contributed by atoms with Gasteiger partial charge >= 0.3 is 5.97 Å². The van der Waals surface area contributed by atoms with Crippen LogP contribution in [0.4, 0.5) is 0 Å². The van der Waals surface area contributed by atoms with Gasteiger partial charge in [-0.3, -0.25) is 5.01 Å². The fourth-order valence-corrected chi connectivity index (χ4v) is 1.32. The molecule has 0 saturated carbocycles. The van der Waals surface area contributed by atoms with Crippen molar-refractivity contribution in [3.05, 3.63) is 24.2 Å². The summed E-state index contributed by atoms with van der Waals surface area (Å²) < 4.78 is 10.2. The molecule has 0 bridgehead atoms. The van der Waals surface area contributed by atoms with E-state index < -0.39 is 6.10 Å². The van der Waals surface area contributed by atoms with Crippen molar-refractivity contribution < 1.29 is 14.3 Å². The third kappa shape index (κ3) is 1.58. The van der Waals surface area contributed by atoms with Gasteiger partial charge in [-0.15, -0.1) is 0 Å². The van der Waals surface area contributed by atoms with Gasteiger partial charge in [0.1, 0.15) is 0 Å². The smallest absolute Gasteiger partial charge is 0.351 e. The highest BCUT2D eigenvalue weighted by atomic mass is 16.6. The zero-order valence-corrected chi connectivity index (χ0v) is 7.90. The number of hydrogen-bond donors (Lipinski definition) is 1. The highest BCUT2D eigenvalue weighted by Crippen LogP contribution is 2.18. The van der Waals surface area contributed by atoms with Crippen molar-refractivity contribution in [1.82, 2.24) is 10.4 Å². The third-order valence-corrected chi connectivity index (χ3v) is 1.95. The van der Waals surface area contributed by atoms with Crippen LogP contribution in [0, 0.1) is 0 Å². The number of carbonyl (C=O) groups is 1. The van der Waals surface area contributed by atoms with Crippen molar-refractivity contribution in [2.75, 3.05) is 13.2 Å². The molecule has 0 aliphatic carbocycles. The van der Waals surface area contributed by atoms with Crippen LogP contribution in [-0.2, 0) is 14.3 Å². The summed E-state index contributed by atoms with van der Waals surface area (Å²) >= 11 is 0. The molecule has 2 rings (SSSR count). The normalized spacial score (nSPS) is 23.9. The Labute approximate surface area is 81.9 Å². The summed E-state index contributed by atoms with van der Waals surface area (Å²) in [4.78, 5) is 11.3. The topological polar surface area (TPSA) is 50.8 Å². The van der Waals surface area contributed by atoms with Crippen LogP contribution in [0.3, 0.4) is 0 Å². The molecule has 0 amide bonds. The summed E-state index contributed by atoms with van der Waals surface area (Å²) in [5.41, 5.74) is 3.03. The van der Waals surface area contributed by atoms with E-state index in [1.54, 1.807) is 24.2 Å². The zero-order chi connectivity index (χ0) is 9.97. The second-order valence-electron chi connectivity index (χ2n) is 2.91. The number of esters is 1. The Kier molecular flexibility index (Phi) is 2.41. The molecule has 0 fully saturated rings. The van der Waals surface area contributed by atoms with E-state index in [9.17, 15) is 4.79 Å². The third-order valence-electron chi connectivity index (χ3n) is 1.95. The van der Waals surface area contributed by atoms with E-state index >= 15 is 0 Å². The number of hydrogen-bond acceptors (Lipinski definition) is 5. The van der Waals surface area contributed by atoms with Gasteiger partial charge in [-0.2, -0.15) is 0 Å². The number of nitrogens with one attached hydrogen (secondary N) is 1. The zero-order valence-electron chi connectivity index (χ0n) is 7.90. The van der Waals surface area contributed by atoms with Gasteiger partial charge in [-0.05, 0) is 19.1 Å². The van der Waals surface area contributed by atoms with E-state index in [4.69, 9.17) is 9.47 Å². The Bertz CT molecular complexity index is 298. The van der Waals surface area contributed by atoms with Gasteiger partial charge in [-0.1, -0.05) is 0 Å². The Morgan fingerprint density at radius 3 is 3.50 bits per heavy atom. The van der Waals surface area contributed by atoms with Crippen LogP contribution in [0.1, 0.15) is 6.92 Å². The SMILES string of the molecule is CCOC(=O)C1C=CN2NCC=C2O1. The molecular formula is C9H12N2O3. The molecule has 5 heteroatoms. The molecule has 0 aromatic carbocycles. The monoisotopic (exact) mass is 196 g/mol. The van der Waals surface area contributed by atoms with Crippen LogP contribution in [0.5, 0.6) is 0 Å². The van der Waals surface area contributed by atoms with Crippen LogP contribution < -0.4 is 5.43 Å². The van der Waals surface area contributed by atoms with Crippen molar-refractivity contribution in [3.63, 3.8) is 0 Å². The van der Waals surface area contributed by atoms with E-state index in [0.717, 1.165) is 6.54 Å². The van der Waals surface area contributed by atoms with Gasteiger partial charge in [0.2, 0.25) is 12.0 Å². The molecule has 2 aliphatic rings. The maximum absolute atomic E-state index is 11.3. The number of carbonyl (C=O) groups excluding carboxylic acids is 1. The van der Waals surface area contributed by atoms with Gasteiger partial charge in [0, 0.05) is 12.7 Å². The summed E-state index contributed by atoms with van der Waals surface area (Å²) in [5.74, 6) is 0.307. The molecule has 1 N–H and O–H groups in total. The van der Waals surface area contributed by atoms with Crippen molar-refractivity contribution >= 4 is 5.97 Å². The molecule has 0 aromatic heterocycles. The Balaban J connectivity index is 2.03. The van der Waals surface area contributed by atoms with Crippen LogP contribution in [0.15, 0.2) is 24.2 Å². The molecule has 0 aromatic rings. The van der Waals surface area contributed by atoms with Gasteiger partial charge in [-0.25, -0.2) is 10.2 Å². The predicted molar refractivity (Wildman–Crippen MR) is 48.6 cm³/mol. The van der Waals surface area contributed by atoms with Crippen molar-refractivity contribution in [2.45, 2.75) is 13.0 Å². The first-order valence-corrected chi connectivity index (χ1v) is 4.56. The first-order valence-electron chi connectivity index (χ1n) is 4.56. The number of fused-ring (bicyclic) bond motifs is 1. The molecule has 0 saturated heterocycles. The molecular weight excluding hydrogens is 184 g/mol. The number of nitrogens with zero attached hydrogens (tertiary/aromatic N) is 1.